The van der Waals surface area contributed by atoms with Crippen LogP contribution in [0.2, 0.25) is 0 Å². The smallest absolute Gasteiger partial charge is 0.311 e. The number of aliphatic carboxylic acids is 1. The molecule has 0 rings (SSSR count). The largest absolute Gasteiger partial charge is 0.481 e. The molecule has 2 N–H and O–H groups in total. The number of rotatable bonds is 3. The van der Waals surface area contributed by atoms with Crippen molar-refractivity contribution in [2.45, 2.75) is 20.0 Å². The van der Waals surface area contributed by atoms with Gasteiger partial charge in [-0.05, 0) is 13.8 Å². The first-order chi connectivity index (χ1) is 4.46. The number of aliphatic hydroxyl groups is 1. The Morgan fingerprint density at radius 1 is 1.50 bits per heavy atom. The number of hydrogen-bond donors (Lipinski definition) is 2. The Labute approximate surface area is 64.7 Å². The molecule has 2 atom stereocenters. The zero-order valence-electron chi connectivity index (χ0n) is 5.87. The van der Waals surface area contributed by atoms with Gasteiger partial charge >= 0.3 is 5.97 Å². The van der Waals surface area contributed by atoms with Crippen molar-refractivity contribution in [1.29, 1.82) is 0 Å². The fraction of sp³-hybridized carbons (Fsp3) is 0.667. The van der Waals surface area contributed by atoms with Gasteiger partial charge in [0.15, 0.2) is 0 Å². The quantitative estimate of drug-likeness (QED) is 0.592. The number of carbonyl (C=O) groups is 1. The molecule has 0 bridgehead atoms. The van der Waals surface area contributed by atoms with Gasteiger partial charge in [-0.2, -0.15) is 0 Å². The van der Waals surface area contributed by atoms with Gasteiger partial charge in [-0.15, -0.1) is 0 Å². The molecule has 0 aliphatic rings. The van der Waals surface area contributed by atoms with Crippen molar-refractivity contribution < 1.29 is 15.0 Å². The van der Waals surface area contributed by atoms with Crippen molar-refractivity contribution in [2.24, 2.45) is 5.92 Å². The first-order valence-electron chi connectivity index (χ1n) is 2.91. The van der Waals surface area contributed by atoms with Crippen molar-refractivity contribution in [1.82, 2.24) is 0 Å². The topological polar surface area (TPSA) is 57.5 Å². The third kappa shape index (κ3) is 2.41. The molecule has 2 unspecified atom stereocenters. The van der Waals surface area contributed by atoms with E-state index in [1.807, 2.05) is 0 Å². The second-order valence-corrected chi connectivity index (χ2v) is 2.61. The Hall–Kier alpha value is -0.480. The minimum absolute atomic E-state index is 0.174. The third-order valence-electron chi connectivity index (χ3n) is 1.21. The highest BCUT2D eigenvalue weighted by Gasteiger charge is 2.19. The van der Waals surface area contributed by atoms with E-state index >= 15 is 0 Å². The van der Waals surface area contributed by atoms with Crippen LogP contribution >= 0.6 is 12.2 Å². The molecule has 0 radical (unpaired) electrons. The first-order valence-corrected chi connectivity index (χ1v) is 3.32. The van der Waals surface area contributed by atoms with Gasteiger partial charge in [-0.1, -0.05) is 12.2 Å². The second kappa shape index (κ2) is 3.63. The molecule has 4 heteroatoms. The highest BCUT2D eigenvalue weighted by atomic mass is 32.1. The molecule has 0 aliphatic heterocycles. The average molecular weight is 162 g/mol. The van der Waals surface area contributed by atoms with Crippen LogP contribution in [0.3, 0.4) is 0 Å². The first kappa shape index (κ1) is 9.52. The third-order valence-corrected chi connectivity index (χ3v) is 1.90. The number of carboxylic acid groups (broad SMARTS) is 1. The fourth-order valence-electron chi connectivity index (χ4n) is 0.484. The van der Waals surface area contributed by atoms with Gasteiger partial charge in [-0.25, -0.2) is 0 Å². The maximum absolute atomic E-state index is 10.2. The zero-order chi connectivity index (χ0) is 8.31. The van der Waals surface area contributed by atoms with Gasteiger partial charge in [0, 0.05) is 4.86 Å². The SMILES string of the molecule is CC(O)C(=S)C(C)C(=O)O. The molecule has 0 aromatic carbocycles. The summed E-state index contributed by atoms with van der Waals surface area (Å²) in [5, 5.41) is 17.2. The number of aliphatic hydroxyl groups excluding tert-OH is 1. The minimum Gasteiger partial charge on any atom is -0.481 e. The van der Waals surface area contributed by atoms with Crippen molar-refractivity contribution in [2.75, 3.05) is 0 Å². The van der Waals surface area contributed by atoms with E-state index in [0.717, 1.165) is 0 Å². The molecular formula is C6H10O3S. The van der Waals surface area contributed by atoms with Crippen LogP contribution in [0.25, 0.3) is 0 Å². The fourth-order valence-corrected chi connectivity index (χ4v) is 0.584. The van der Waals surface area contributed by atoms with E-state index in [1.54, 1.807) is 0 Å². The highest BCUT2D eigenvalue weighted by Crippen LogP contribution is 2.03. The lowest BCUT2D eigenvalue weighted by Crippen LogP contribution is -2.27. The highest BCUT2D eigenvalue weighted by molar-refractivity contribution is 7.80. The molecule has 0 saturated heterocycles. The monoisotopic (exact) mass is 162 g/mol. The van der Waals surface area contributed by atoms with Gasteiger partial charge in [-0.3, -0.25) is 4.79 Å². The van der Waals surface area contributed by atoms with Crippen LogP contribution in [0.1, 0.15) is 13.8 Å². The number of hydrogen-bond acceptors (Lipinski definition) is 3. The minimum atomic E-state index is -0.995. The summed E-state index contributed by atoms with van der Waals surface area (Å²) in [5.74, 6) is -1.74. The molecule has 0 aromatic rings. The molecule has 3 nitrogen and oxygen atoms in total. The van der Waals surface area contributed by atoms with Crippen LogP contribution in [0.4, 0.5) is 0 Å². The maximum Gasteiger partial charge on any atom is 0.311 e. The number of carboxylic acids is 1. The van der Waals surface area contributed by atoms with E-state index in [4.69, 9.17) is 10.2 Å². The van der Waals surface area contributed by atoms with E-state index in [9.17, 15) is 4.79 Å². The Morgan fingerprint density at radius 2 is 1.90 bits per heavy atom. The molecule has 10 heavy (non-hydrogen) atoms. The molecule has 0 aliphatic carbocycles. The number of thiocarbonyl (C=S) groups is 1. The summed E-state index contributed by atoms with van der Waals surface area (Å²) < 4.78 is 0. The Kier molecular flexibility index (Phi) is 3.46. The van der Waals surface area contributed by atoms with E-state index in [-0.39, 0.29) is 4.86 Å². The van der Waals surface area contributed by atoms with Gasteiger partial charge in [0.2, 0.25) is 0 Å². The molecule has 0 heterocycles. The summed E-state index contributed by atoms with van der Waals surface area (Å²) >= 11 is 4.65. The van der Waals surface area contributed by atoms with Crippen molar-refractivity contribution in [3.63, 3.8) is 0 Å². The molecule has 58 valence electrons. The maximum atomic E-state index is 10.2. The summed E-state index contributed by atoms with van der Waals surface area (Å²) in [6, 6.07) is 0. The van der Waals surface area contributed by atoms with Crippen LogP contribution in [0.15, 0.2) is 0 Å². The summed E-state index contributed by atoms with van der Waals surface area (Å²) in [5.41, 5.74) is 0. The van der Waals surface area contributed by atoms with Crippen LogP contribution in [0.5, 0.6) is 0 Å². The molecule has 0 amide bonds. The van der Waals surface area contributed by atoms with Crippen LogP contribution in [0, 0.1) is 5.92 Å². The normalized spacial score (nSPS) is 15.9. The predicted molar refractivity (Wildman–Crippen MR) is 41.1 cm³/mol. The van der Waals surface area contributed by atoms with Gasteiger partial charge in [0.25, 0.3) is 0 Å². The van der Waals surface area contributed by atoms with Crippen LogP contribution < -0.4 is 0 Å². The zero-order valence-corrected chi connectivity index (χ0v) is 6.68. The molecular weight excluding hydrogens is 152 g/mol. The Balaban J connectivity index is 4.08. The standard InChI is InChI=1S/C6H10O3S/c1-3(6(8)9)5(10)4(2)7/h3-4,7H,1-2H3,(H,8,9). The second-order valence-electron chi connectivity index (χ2n) is 2.14. The van der Waals surface area contributed by atoms with Gasteiger partial charge in [0.05, 0.1) is 12.0 Å². The summed E-state index contributed by atoms with van der Waals surface area (Å²) in [6.45, 7) is 2.92. The van der Waals surface area contributed by atoms with Gasteiger partial charge in [0.1, 0.15) is 0 Å². The van der Waals surface area contributed by atoms with E-state index in [0.29, 0.717) is 0 Å². The Morgan fingerprint density at radius 3 is 2.00 bits per heavy atom. The molecule has 0 spiro atoms. The van der Waals surface area contributed by atoms with Gasteiger partial charge < -0.3 is 10.2 Å². The van der Waals surface area contributed by atoms with Crippen LogP contribution in [-0.2, 0) is 4.79 Å². The van der Waals surface area contributed by atoms with Crippen molar-refractivity contribution in [3.05, 3.63) is 0 Å². The van der Waals surface area contributed by atoms with E-state index in [1.165, 1.54) is 13.8 Å². The Bertz CT molecular complexity index is 153. The summed E-state index contributed by atoms with van der Waals surface area (Å²) in [7, 11) is 0. The van der Waals surface area contributed by atoms with Crippen LogP contribution in [-0.4, -0.2) is 27.2 Å². The summed E-state index contributed by atoms with van der Waals surface area (Å²) in [4.78, 5) is 10.4. The average Bonchev–Trinajstić information content (AvgIpc) is 1.84. The lowest BCUT2D eigenvalue weighted by Gasteiger charge is -2.09. The molecule has 0 fully saturated rings. The lowest BCUT2D eigenvalue weighted by molar-refractivity contribution is -0.138. The van der Waals surface area contributed by atoms with Crippen molar-refractivity contribution in [3.8, 4) is 0 Å². The lowest BCUT2D eigenvalue weighted by atomic mass is 10.1. The van der Waals surface area contributed by atoms with E-state index in [2.05, 4.69) is 12.2 Å². The molecule has 0 saturated carbocycles. The molecule has 0 aromatic heterocycles. The van der Waals surface area contributed by atoms with E-state index < -0.39 is 18.0 Å². The summed E-state index contributed by atoms with van der Waals surface area (Å²) in [6.07, 6.45) is -0.818. The van der Waals surface area contributed by atoms with Crippen molar-refractivity contribution >= 4 is 23.1 Å². The predicted octanol–water partition coefficient (Wildman–Crippen LogP) is 0.458.